The molecule has 0 fully saturated rings. The first-order chi connectivity index (χ1) is 15.3. The lowest BCUT2D eigenvalue weighted by Crippen LogP contribution is -2.50. The molecule has 0 spiro atoms. The van der Waals surface area contributed by atoms with Gasteiger partial charge in [0, 0.05) is 28.7 Å². The average Bonchev–Trinajstić information content (AvgIpc) is 2.75. The molecule has 32 heavy (non-hydrogen) atoms. The third-order valence-electron chi connectivity index (χ3n) is 5.29. The van der Waals surface area contributed by atoms with Crippen LogP contribution in [0.4, 0.5) is 0 Å². The van der Waals surface area contributed by atoms with Crippen molar-refractivity contribution in [2.75, 3.05) is 13.2 Å². The number of aryl methyl sites for hydroxylation is 2. The van der Waals surface area contributed by atoms with Crippen molar-refractivity contribution in [1.29, 1.82) is 0 Å². The number of unbranched alkanes of at least 4 members (excludes halogenated alkanes) is 1. The quantitative estimate of drug-likeness (QED) is 0.420. The van der Waals surface area contributed by atoms with Crippen molar-refractivity contribution in [3.63, 3.8) is 0 Å². The summed E-state index contributed by atoms with van der Waals surface area (Å²) < 4.78 is 5.82. The molecule has 1 N–H and O–H groups in total. The molecule has 0 unspecified atom stereocenters. The summed E-state index contributed by atoms with van der Waals surface area (Å²) in [5.41, 5.74) is 2.67. The van der Waals surface area contributed by atoms with Gasteiger partial charge in [-0.15, -0.1) is 0 Å². The van der Waals surface area contributed by atoms with Crippen molar-refractivity contribution in [1.82, 2.24) is 10.2 Å². The number of carbonyl (C=O) groups excluding carboxylic acids is 2. The Kier molecular flexibility index (Phi) is 10.3. The van der Waals surface area contributed by atoms with E-state index in [1.54, 1.807) is 18.2 Å². The van der Waals surface area contributed by atoms with E-state index in [0.717, 1.165) is 24.0 Å². The summed E-state index contributed by atoms with van der Waals surface area (Å²) in [7, 11) is 0. The van der Waals surface area contributed by atoms with Gasteiger partial charge in [-0.25, -0.2) is 0 Å². The third kappa shape index (κ3) is 7.14. The van der Waals surface area contributed by atoms with E-state index >= 15 is 0 Å². The second kappa shape index (κ2) is 12.7. The van der Waals surface area contributed by atoms with Crippen LogP contribution in [-0.4, -0.2) is 35.9 Å². The molecule has 0 saturated carbocycles. The number of nitrogens with zero attached hydrogens (tertiary/aromatic N) is 1. The number of benzene rings is 2. The normalized spacial score (nSPS) is 11.7. The minimum Gasteiger partial charge on any atom is -0.483 e. The second-order valence-electron chi connectivity index (χ2n) is 7.85. The molecule has 2 aromatic carbocycles. The van der Waals surface area contributed by atoms with Crippen molar-refractivity contribution >= 4 is 35.0 Å². The molecule has 7 heteroatoms. The van der Waals surface area contributed by atoms with Gasteiger partial charge in [0.15, 0.2) is 6.61 Å². The van der Waals surface area contributed by atoms with Gasteiger partial charge in [-0.2, -0.15) is 0 Å². The Balaban J connectivity index is 2.26. The van der Waals surface area contributed by atoms with Crippen molar-refractivity contribution in [3.05, 3.63) is 63.1 Å². The van der Waals surface area contributed by atoms with Crippen LogP contribution < -0.4 is 10.1 Å². The summed E-state index contributed by atoms with van der Waals surface area (Å²) in [5, 5.41) is 3.84. The number of hydrogen-bond donors (Lipinski definition) is 1. The van der Waals surface area contributed by atoms with Crippen LogP contribution in [-0.2, 0) is 16.1 Å². The zero-order valence-corrected chi connectivity index (χ0v) is 20.7. The van der Waals surface area contributed by atoms with E-state index in [2.05, 4.69) is 12.2 Å². The van der Waals surface area contributed by atoms with Gasteiger partial charge in [0.25, 0.3) is 5.91 Å². The predicted molar refractivity (Wildman–Crippen MR) is 130 cm³/mol. The monoisotopic (exact) mass is 478 g/mol. The van der Waals surface area contributed by atoms with Crippen molar-refractivity contribution in [3.8, 4) is 5.75 Å². The number of nitrogens with one attached hydrogen (secondary N) is 1. The summed E-state index contributed by atoms with van der Waals surface area (Å²) >= 11 is 12.7. The highest BCUT2D eigenvalue weighted by atomic mass is 35.5. The zero-order valence-electron chi connectivity index (χ0n) is 19.2. The van der Waals surface area contributed by atoms with E-state index in [9.17, 15) is 9.59 Å². The Morgan fingerprint density at radius 2 is 1.78 bits per heavy atom. The first kappa shape index (κ1) is 26.0. The van der Waals surface area contributed by atoms with Crippen LogP contribution in [0.15, 0.2) is 36.4 Å². The molecule has 0 aliphatic rings. The average molecular weight is 479 g/mol. The highest BCUT2D eigenvalue weighted by Gasteiger charge is 2.30. The van der Waals surface area contributed by atoms with Gasteiger partial charge in [-0.3, -0.25) is 9.59 Å². The highest BCUT2D eigenvalue weighted by molar-refractivity contribution is 6.36. The Morgan fingerprint density at radius 1 is 1.09 bits per heavy atom. The zero-order chi connectivity index (χ0) is 23.7. The largest absolute Gasteiger partial charge is 0.483 e. The Bertz CT molecular complexity index is 913. The second-order valence-corrected chi connectivity index (χ2v) is 8.66. The topological polar surface area (TPSA) is 58.6 Å². The van der Waals surface area contributed by atoms with Gasteiger partial charge in [0.1, 0.15) is 11.8 Å². The molecule has 174 valence electrons. The Hall–Kier alpha value is -2.24. The first-order valence-electron chi connectivity index (χ1n) is 11.0. The van der Waals surface area contributed by atoms with Gasteiger partial charge in [0.2, 0.25) is 5.91 Å². The molecule has 0 saturated heterocycles. The minimum absolute atomic E-state index is 0.118. The molecular weight excluding hydrogens is 447 g/mol. The van der Waals surface area contributed by atoms with Crippen LogP contribution in [0.3, 0.4) is 0 Å². The molecule has 0 radical (unpaired) electrons. The summed E-state index contributed by atoms with van der Waals surface area (Å²) in [4.78, 5) is 27.7. The Labute approximate surface area is 201 Å². The maximum absolute atomic E-state index is 13.3. The molecule has 2 aromatic rings. The molecule has 0 aliphatic carbocycles. The lowest BCUT2D eigenvalue weighted by atomic mass is 10.1. The summed E-state index contributed by atoms with van der Waals surface area (Å²) in [6.45, 7) is 8.37. The highest BCUT2D eigenvalue weighted by Crippen LogP contribution is 2.27. The molecule has 2 rings (SSSR count). The van der Waals surface area contributed by atoms with E-state index in [1.165, 1.54) is 4.90 Å². The van der Waals surface area contributed by atoms with E-state index in [4.69, 9.17) is 27.9 Å². The van der Waals surface area contributed by atoms with E-state index in [-0.39, 0.29) is 25.0 Å². The van der Waals surface area contributed by atoms with Crippen LogP contribution in [0.2, 0.25) is 10.0 Å². The van der Waals surface area contributed by atoms with Gasteiger partial charge in [-0.1, -0.05) is 67.2 Å². The first-order valence-corrected chi connectivity index (χ1v) is 11.7. The van der Waals surface area contributed by atoms with Crippen LogP contribution in [0.25, 0.3) is 0 Å². The van der Waals surface area contributed by atoms with Crippen LogP contribution in [0.5, 0.6) is 5.75 Å². The number of carbonyl (C=O) groups is 2. The predicted octanol–water partition coefficient (Wildman–Crippen LogP) is 5.71. The number of rotatable bonds is 11. The van der Waals surface area contributed by atoms with Gasteiger partial charge in [0.05, 0.1) is 0 Å². The molecule has 0 bridgehead atoms. The molecular formula is C25H32Cl2N2O3. The van der Waals surface area contributed by atoms with Crippen molar-refractivity contribution < 1.29 is 14.3 Å². The fourth-order valence-electron chi connectivity index (χ4n) is 3.46. The lowest BCUT2D eigenvalue weighted by molar-refractivity contribution is -0.143. The summed E-state index contributed by atoms with van der Waals surface area (Å²) in [6.07, 6.45) is 2.30. The third-order valence-corrected chi connectivity index (χ3v) is 6.00. The van der Waals surface area contributed by atoms with Crippen molar-refractivity contribution in [2.24, 2.45) is 0 Å². The maximum Gasteiger partial charge on any atom is 0.261 e. The summed E-state index contributed by atoms with van der Waals surface area (Å²) in [6, 6.07) is 10.3. The van der Waals surface area contributed by atoms with Crippen LogP contribution >= 0.6 is 23.2 Å². The molecule has 0 aromatic heterocycles. The van der Waals surface area contributed by atoms with Crippen LogP contribution in [0.1, 0.15) is 49.8 Å². The molecule has 5 nitrogen and oxygen atoms in total. The van der Waals surface area contributed by atoms with Gasteiger partial charge in [-0.05, 0) is 50.5 Å². The standard InChI is InChI=1S/C25H32Cl2N2O3/c1-5-7-13-28-25(31)22(6-2)29(15-19-20(26)9-8-10-21(19)27)24(30)16-32-23-12-11-17(3)14-18(23)4/h8-12,14,22H,5-7,13,15-16H2,1-4H3,(H,28,31)/t22-/m0/s1. The maximum atomic E-state index is 13.3. The fraction of sp³-hybridized carbons (Fsp3) is 0.440. The van der Waals surface area contributed by atoms with E-state index in [1.807, 2.05) is 39.0 Å². The smallest absolute Gasteiger partial charge is 0.261 e. The van der Waals surface area contributed by atoms with Gasteiger partial charge >= 0.3 is 0 Å². The van der Waals surface area contributed by atoms with Crippen LogP contribution in [0, 0.1) is 13.8 Å². The minimum atomic E-state index is -0.658. The molecule has 2 amide bonds. The molecule has 0 heterocycles. The lowest BCUT2D eigenvalue weighted by Gasteiger charge is -2.31. The Morgan fingerprint density at radius 3 is 2.38 bits per heavy atom. The number of hydrogen-bond acceptors (Lipinski definition) is 3. The van der Waals surface area contributed by atoms with E-state index < -0.39 is 6.04 Å². The summed E-state index contributed by atoms with van der Waals surface area (Å²) in [5.74, 6) is 0.141. The van der Waals surface area contributed by atoms with Gasteiger partial charge < -0.3 is 15.0 Å². The van der Waals surface area contributed by atoms with E-state index in [0.29, 0.717) is 34.3 Å². The van der Waals surface area contributed by atoms with Crippen molar-refractivity contribution in [2.45, 2.75) is 59.5 Å². The number of ether oxygens (including phenoxy) is 1. The SMILES string of the molecule is CCCCNC(=O)[C@H](CC)N(Cc1c(Cl)cccc1Cl)C(=O)COc1ccc(C)cc1C. The molecule has 1 atom stereocenters. The number of amides is 2. The number of halogens is 2. The molecule has 0 aliphatic heterocycles. The fourth-order valence-corrected chi connectivity index (χ4v) is 3.98.